The van der Waals surface area contributed by atoms with E-state index in [1.54, 1.807) is 0 Å². The maximum absolute atomic E-state index is 12.8. The van der Waals surface area contributed by atoms with Crippen LogP contribution >= 0.6 is 0 Å². The Balaban J connectivity index is 0.000000921. The predicted octanol–water partition coefficient (Wildman–Crippen LogP) is 3.51. The Kier molecular flexibility index (Phi) is 5.74. The van der Waals surface area contributed by atoms with Gasteiger partial charge in [-0.2, -0.15) is 0 Å². The second-order valence-electron chi connectivity index (χ2n) is 2.78. The Morgan fingerprint density at radius 3 is 2.47 bits per heavy atom. The van der Waals surface area contributed by atoms with Gasteiger partial charge in [0.15, 0.2) is 5.83 Å². The van der Waals surface area contributed by atoms with Gasteiger partial charge < -0.3 is 5.11 Å². The van der Waals surface area contributed by atoms with E-state index >= 15 is 0 Å². The third kappa shape index (κ3) is 4.18. The summed E-state index contributed by atoms with van der Waals surface area (Å²) in [6.07, 6.45) is -0.643. The van der Waals surface area contributed by atoms with Crippen LogP contribution in [0.4, 0.5) is 13.2 Å². The van der Waals surface area contributed by atoms with Crippen LogP contribution in [-0.2, 0) is 4.79 Å². The smallest absolute Gasteiger partial charge is 0.304 e. The van der Waals surface area contributed by atoms with Crippen molar-refractivity contribution in [3.63, 3.8) is 0 Å². The second kappa shape index (κ2) is 6.27. The highest BCUT2D eigenvalue weighted by Gasteiger charge is 2.26. The van der Waals surface area contributed by atoms with Crippen LogP contribution in [0.1, 0.15) is 26.7 Å². The molecule has 0 aromatic carbocycles. The molecule has 0 heterocycles. The number of carboxylic acid groups (broad SMARTS) is 1. The van der Waals surface area contributed by atoms with Crippen molar-refractivity contribution in [1.29, 1.82) is 0 Å². The quantitative estimate of drug-likeness (QED) is 0.776. The van der Waals surface area contributed by atoms with E-state index in [2.05, 4.69) is 0 Å². The van der Waals surface area contributed by atoms with Gasteiger partial charge >= 0.3 is 5.97 Å². The molecule has 0 radical (unpaired) electrons. The summed E-state index contributed by atoms with van der Waals surface area (Å²) in [5.74, 6) is -5.56. The number of allylic oxidation sites excluding steroid dienone is 4. The lowest BCUT2D eigenvalue weighted by Crippen LogP contribution is -2.11. The number of halogens is 3. The van der Waals surface area contributed by atoms with E-state index < -0.39 is 42.2 Å². The molecule has 1 rings (SSSR count). The second-order valence-corrected chi connectivity index (χ2v) is 2.78. The first-order valence-electron chi connectivity index (χ1n) is 4.63. The van der Waals surface area contributed by atoms with E-state index in [1.165, 1.54) is 0 Å². The summed E-state index contributed by atoms with van der Waals surface area (Å²) >= 11 is 0. The fraction of sp³-hybridized carbons (Fsp3) is 0.500. The molecule has 1 atom stereocenters. The lowest BCUT2D eigenvalue weighted by Gasteiger charge is -2.15. The summed E-state index contributed by atoms with van der Waals surface area (Å²) in [4.78, 5) is 10.2. The standard InChI is InChI=1S/C8H7F3O2.C2H6/c9-5-3-7(11)6(10)1-4(5)2-8(12)13;1-2/h3-4H,1-2H2,(H,12,13);1-2H3. The minimum absolute atomic E-state index is 0.395. The molecule has 1 aliphatic rings. The Morgan fingerprint density at radius 1 is 1.47 bits per heavy atom. The van der Waals surface area contributed by atoms with Crippen LogP contribution in [0.2, 0.25) is 0 Å². The van der Waals surface area contributed by atoms with Gasteiger partial charge in [0.2, 0.25) is 0 Å². The van der Waals surface area contributed by atoms with Gasteiger partial charge in [0.05, 0.1) is 6.42 Å². The van der Waals surface area contributed by atoms with Gasteiger partial charge in [0.1, 0.15) is 11.7 Å². The van der Waals surface area contributed by atoms with Crippen molar-refractivity contribution in [3.8, 4) is 0 Å². The van der Waals surface area contributed by atoms with Crippen LogP contribution in [0.3, 0.4) is 0 Å². The van der Waals surface area contributed by atoms with E-state index in [-0.39, 0.29) is 0 Å². The van der Waals surface area contributed by atoms with E-state index in [0.717, 1.165) is 0 Å². The molecule has 86 valence electrons. The molecule has 0 amide bonds. The Morgan fingerprint density at radius 2 is 2.00 bits per heavy atom. The molecule has 0 fully saturated rings. The third-order valence-corrected chi connectivity index (χ3v) is 1.76. The molecule has 0 saturated heterocycles. The lowest BCUT2D eigenvalue weighted by molar-refractivity contribution is -0.138. The van der Waals surface area contributed by atoms with Crippen molar-refractivity contribution >= 4 is 5.97 Å². The average Bonchev–Trinajstić information content (AvgIpc) is 2.17. The van der Waals surface area contributed by atoms with Crippen molar-refractivity contribution in [2.75, 3.05) is 0 Å². The Bertz CT molecular complexity index is 295. The van der Waals surface area contributed by atoms with Crippen LogP contribution in [0.25, 0.3) is 0 Å². The number of hydrogen-bond donors (Lipinski definition) is 1. The maximum atomic E-state index is 12.8. The summed E-state index contributed by atoms with van der Waals surface area (Å²) in [7, 11) is 0. The first kappa shape index (κ1) is 13.7. The van der Waals surface area contributed by atoms with Gasteiger partial charge in [-0.25, -0.2) is 13.2 Å². The summed E-state index contributed by atoms with van der Waals surface area (Å²) in [6, 6.07) is 0. The Labute approximate surface area is 86.1 Å². The molecule has 5 heteroatoms. The minimum Gasteiger partial charge on any atom is -0.481 e. The maximum Gasteiger partial charge on any atom is 0.304 e. The number of aliphatic carboxylic acids is 1. The van der Waals surface area contributed by atoms with Crippen LogP contribution in [-0.4, -0.2) is 11.1 Å². The number of carboxylic acids is 1. The van der Waals surface area contributed by atoms with Gasteiger partial charge in [-0.15, -0.1) is 0 Å². The average molecular weight is 222 g/mol. The minimum atomic E-state index is -1.25. The molecule has 0 aliphatic heterocycles. The van der Waals surface area contributed by atoms with E-state index in [4.69, 9.17) is 5.11 Å². The zero-order valence-electron chi connectivity index (χ0n) is 8.56. The third-order valence-electron chi connectivity index (χ3n) is 1.76. The topological polar surface area (TPSA) is 37.3 Å². The lowest BCUT2D eigenvalue weighted by atomic mass is 9.95. The molecule has 2 nitrogen and oxygen atoms in total. The fourth-order valence-electron chi connectivity index (χ4n) is 1.11. The van der Waals surface area contributed by atoms with Gasteiger partial charge in [-0.05, 0) is 0 Å². The summed E-state index contributed by atoms with van der Waals surface area (Å²) in [6.45, 7) is 4.00. The normalized spacial score (nSPS) is 20.3. The highest BCUT2D eigenvalue weighted by molar-refractivity contribution is 5.67. The fourth-order valence-corrected chi connectivity index (χ4v) is 1.11. The van der Waals surface area contributed by atoms with Crippen LogP contribution < -0.4 is 0 Å². The van der Waals surface area contributed by atoms with Crippen LogP contribution in [0.5, 0.6) is 0 Å². The molecule has 1 aliphatic carbocycles. The molecule has 0 saturated carbocycles. The molecule has 1 unspecified atom stereocenters. The van der Waals surface area contributed by atoms with Gasteiger partial charge in [0, 0.05) is 18.4 Å². The zero-order chi connectivity index (χ0) is 12.0. The predicted molar refractivity (Wildman–Crippen MR) is 50.1 cm³/mol. The molecular formula is C10H13F3O2. The molecule has 15 heavy (non-hydrogen) atoms. The first-order valence-corrected chi connectivity index (χ1v) is 4.63. The number of hydrogen-bond acceptors (Lipinski definition) is 1. The van der Waals surface area contributed by atoms with E-state index in [1.807, 2.05) is 13.8 Å². The van der Waals surface area contributed by atoms with E-state index in [0.29, 0.717) is 6.08 Å². The SMILES string of the molecule is CC.O=C(O)CC1CC(F)=C(F)C=C1F. The molecule has 1 N–H and O–H groups in total. The highest BCUT2D eigenvalue weighted by atomic mass is 19.2. The van der Waals surface area contributed by atoms with E-state index in [9.17, 15) is 18.0 Å². The Hall–Kier alpha value is -1.26. The van der Waals surface area contributed by atoms with Crippen molar-refractivity contribution in [2.24, 2.45) is 5.92 Å². The summed E-state index contributed by atoms with van der Waals surface area (Å²) in [5.41, 5.74) is 0. The van der Waals surface area contributed by atoms with Crippen molar-refractivity contribution < 1.29 is 23.1 Å². The first-order chi connectivity index (χ1) is 7.00. The van der Waals surface area contributed by atoms with Gasteiger partial charge in [-0.1, -0.05) is 13.8 Å². The van der Waals surface area contributed by atoms with Crippen molar-refractivity contribution in [1.82, 2.24) is 0 Å². The molecule has 0 aromatic heterocycles. The summed E-state index contributed by atoms with van der Waals surface area (Å²) in [5, 5.41) is 8.31. The highest BCUT2D eigenvalue weighted by Crippen LogP contribution is 2.33. The molecule has 0 aromatic rings. The zero-order valence-corrected chi connectivity index (χ0v) is 8.56. The van der Waals surface area contributed by atoms with Crippen LogP contribution in [0.15, 0.2) is 23.6 Å². The monoisotopic (exact) mass is 222 g/mol. The van der Waals surface area contributed by atoms with Crippen LogP contribution in [0, 0.1) is 5.92 Å². The number of carbonyl (C=O) groups is 1. The summed E-state index contributed by atoms with van der Waals surface area (Å²) < 4.78 is 37.7. The molecule has 0 spiro atoms. The molecule has 0 bridgehead atoms. The van der Waals surface area contributed by atoms with Gasteiger partial charge in [0.25, 0.3) is 0 Å². The molecular weight excluding hydrogens is 209 g/mol. The van der Waals surface area contributed by atoms with Crippen molar-refractivity contribution in [3.05, 3.63) is 23.6 Å². The largest absolute Gasteiger partial charge is 0.481 e. The number of rotatable bonds is 2. The van der Waals surface area contributed by atoms with Crippen molar-refractivity contribution in [2.45, 2.75) is 26.7 Å². The van der Waals surface area contributed by atoms with Gasteiger partial charge in [-0.3, -0.25) is 4.79 Å².